The Balaban J connectivity index is 2.16. The van der Waals surface area contributed by atoms with Crippen molar-refractivity contribution in [2.75, 3.05) is 7.05 Å². The molecule has 0 aliphatic carbocycles. The molecule has 0 aliphatic heterocycles. The summed E-state index contributed by atoms with van der Waals surface area (Å²) in [5, 5.41) is 2.20. The number of hydrogen-bond donors (Lipinski definition) is 0. The van der Waals surface area contributed by atoms with Crippen LogP contribution in [0.1, 0.15) is 15.2 Å². The summed E-state index contributed by atoms with van der Waals surface area (Å²) in [6.07, 6.45) is 1.56. The summed E-state index contributed by atoms with van der Waals surface area (Å²) in [4.78, 5) is 19.0. The van der Waals surface area contributed by atoms with E-state index in [2.05, 4.69) is 36.8 Å². The number of carbonyl (C=O) groups is 1. The third-order valence-corrected chi connectivity index (χ3v) is 4.81. The van der Waals surface area contributed by atoms with E-state index in [9.17, 15) is 4.79 Å². The number of rotatable bonds is 3. The number of thiophene rings is 1. The number of aromatic nitrogens is 1. The van der Waals surface area contributed by atoms with Crippen LogP contribution in [0.15, 0.2) is 32.7 Å². The molecule has 2 rings (SSSR count). The predicted octanol–water partition coefficient (Wildman–Crippen LogP) is 4.59. The van der Waals surface area contributed by atoms with Gasteiger partial charge in [0.25, 0.3) is 5.91 Å². The monoisotopic (exact) mass is 422 g/mol. The Morgan fingerprint density at radius 1 is 1.42 bits per heavy atom. The Kier molecular flexibility index (Phi) is 5.00. The summed E-state index contributed by atoms with van der Waals surface area (Å²) < 4.78 is 1.75. The molecule has 0 bridgehead atoms. The third kappa shape index (κ3) is 3.78. The Hall–Kier alpha value is -0.430. The molecule has 100 valence electrons. The summed E-state index contributed by atoms with van der Waals surface area (Å²) in [5.41, 5.74) is 0.397. The Morgan fingerprint density at radius 3 is 2.79 bits per heavy atom. The molecular weight excluding hydrogens is 415 g/mol. The van der Waals surface area contributed by atoms with Gasteiger partial charge in [0.2, 0.25) is 0 Å². The third-order valence-electron chi connectivity index (χ3n) is 2.40. The molecular formula is C12H9Br2ClN2OS. The van der Waals surface area contributed by atoms with Crippen molar-refractivity contribution >= 4 is 60.7 Å². The molecule has 0 fully saturated rings. The van der Waals surface area contributed by atoms with Crippen LogP contribution in [0.4, 0.5) is 0 Å². The molecule has 2 aromatic rings. The molecule has 1 amide bonds. The molecule has 0 saturated heterocycles. The van der Waals surface area contributed by atoms with E-state index in [0.29, 0.717) is 12.1 Å². The maximum atomic E-state index is 12.3. The van der Waals surface area contributed by atoms with Gasteiger partial charge in [-0.15, -0.1) is 11.3 Å². The van der Waals surface area contributed by atoms with E-state index in [0.717, 1.165) is 13.8 Å². The van der Waals surface area contributed by atoms with Crippen LogP contribution in [0.2, 0.25) is 5.15 Å². The van der Waals surface area contributed by atoms with E-state index in [-0.39, 0.29) is 11.1 Å². The molecule has 0 N–H and O–H groups in total. The fourth-order valence-electron chi connectivity index (χ4n) is 1.52. The van der Waals surface area contributed by atoms with Gasteiger partial charge in [0, 0.05) is 32.4 Å². The molecule has 0 spiro atoms. The van der Waals surface area contributed by atoms with Crippen LogP contribution in [0.3, 0.4) is 0 Å². The highest BCUT2D eigenvalue weighted by atomic mass is 79.9. The van der Waals surface area contributed by atoms with Crippen LogP contribution in [0.5, 0.6) is 0 Å². The lowest BCUT2D eigenvalue weighted by Gasteiger charge is -2.16. The first-order valence-electron chi connectivity index (χ1n) is 5.27. The molecule has 0 unspecified atom stereocenters. The summed E-state index contributed by atoms with van der Waals surface area (Å²) in [7, 11) is 1.74. The maximum Gasteiger partial charge on any atom is 0.257 e. The van der Waals surface area contributed by atoms with Gasteiger partial charge in [0.05, 0.1) is 12.1 Å². The minimum absolute atomic E-state index is 0.150. The van der Waals surface area contributed by atoms with E-state index in [1.807, 2.05) is 11.4 Å². The van der Waals surface area contributed by atoms with Crippen LogP contribution < -0.4 is 0 Å². The highest BCUT2D eigenvalue weighted by molar-refractivity contribution is 9.10. The van der Waals surface area contributed by atoms with Crippen molar-refractivity contribution < 1.29 is 4.79 Å². The van der Waals surface area contributed by atoms with Gasteiger partial charge in [0.1, 0.15) is 5.15 Å². The van der Waals surface area contributed by atoms with Crippen LogP contribution in [-0.2, 0) is 6.54 Å². The Bertz CT molecular complexity index is 618. The molecule has 0 atom stereocenters. The Morgan fingerprint density at radius 2 is 2.16 bits per heavy atom. The van der Waals surface area contributed by atoms with E-state index in [4.69, 9.17) is 11.6 Å². The molecule has 2 aromatic heterocycles. The van der Waals surface area contributed by atoms with Gasteiger partial charge >= 0.3 is 0 Å². The molecule has 0 saturated carbocycles. The second-order valence-electron chi connectivity index (χ2n) is 3.88. The lowest BCUT2D eigenvalue weighted by Crippen LogP contribution is -2.26. The molecule has 7 heteroatoms. The van der Waals surface area contributed by atoms with E-state index < -0.39 is 0 Å². The van der Waals surface area contributed by atoms with Gasteiger partial charge in [-0.05, 0) is 44.0 Å². The number of nitrogens with zero attached hydrogens (tertiary/aromatic N) is 2. The first-order valence-corrected chi connectivity index (χ1v) is 8.11. The van der Waals surface area contributed by atoms with E-state index in [1.54, 1.807) is 35.5 Å². The summed E-state index contributed by atoms with van der Waals surface area (Å²) in [5.74, 6) is -0.150. The van der Waals surface area contributed by atoms with Crippen molar-refractivity contribution in [2.45, 2.75) is 6.54 Å². The average molecular weight is 425 g/mol. The van der Waals surface area contributed by atoms with Gasteiger partial charge in [0.15, 0.2) is 0 Å². The smallest absolute Gasteiger partial charge is 0.257 e. The maximum absolute atomic E-state index is 12.3. The number of amides is 1. The fraction of sp³-hybridized carbons (Fsp3) is 0.167. The second kappa shape index (κ2) is 6.35. The minimum Gasteiger partial charge on any atom is -0.336 e. The van der Waals surface area contributed by atoms with Gasteiger partial charge in [-0.25, -0.2) is 4.98 Å². The van der Waals surface area contributed by atoms with Crippen molar-refractivity contribution in [1.29, 1.82) is 0 Å². The molecule has 3 nitrogen and oxygen atoms in total. The molecule has 0 radical (unpaired) electrons. The normalized spacial score (nSPS) is 10.5. The van der Waals surface area contributed by atoms with Crippen molar-refractivity contribution in [3.05, 3.63) is 48.2 Å². The van der Waals surface area contributed by atoms with Crippen molar-refractivity contribution in [3.63, 3.8) is 0 Å². The highest BCUT2D eigenvalue weighted by Crippen LogP contribution is 2.23. The number of halogens is 3. The summed E-state index contributed by atoms with van der Waals surface area (Å²) in [6.45, 7) is 0.540. The summed E-state index contributed by atoms with van der Waals surface area (Å²) >= 11 is 14.2. The van der Waals surface area contributed by atoms with E-state index in [1.165, 1.54) is 0 Å². The van der Waals surface area contributed by atoms with Crippen LogP contribution in [0.25, 0.3) is 0 Å². The fourth-order valence-corrected chi connectivity index (χ4v) is 3.54. The lowest BCUT2D eigenvalue weighted by atomic mass is 10.2. The van der Waals surface area contributed by atoms with Gasteiger partial charge in [-0.3, -0.25) is 4.79 Å². The zero-order chi connectivity index (χ0) is 14.0. The predicted molar refractivity (Wildman–Crippen MR) is 84.8 cm³/mol. The number of pyridine rings is 1. The molecule has 0 aliphatic rings. The van der Waals surface area contributed by atoms with Crippen molar-refractivity contribution in [2.24, 2.45) is 0 Å². The largest absolute Gasteiger partial charge is 0.336 e. The van der Waals surface area contributed by atoms with Crippen molar-refractivity contribution in [1.82, 2.24) is 9.88 Å². The first-order chi connectivity index (χ1) is 8.97. The average Bonchev–Trinajstić information content (AvgIpc) is 2.77. The first kappa shape index (κ1) is 15.0. The SMILES string of the molecule is CN(Cc1cc(Br)cs1)C(=O)c1cc(Br)cnc1Cl. The van der Waals surface area contributed by atoms with Crippen LogP contribution in [-0.4, -0.2) is 22.8 Å². The minimum atomic E-state index is -0.150. The van der Waals surface area contributed by atoms with Crippen molar-refractivity contribution in [3.8, 4) is 0 Å². The van der Waals surface area contributed by atoms with Crippen LogP contribution >= 0.6 is 54.8 Å². The topological polar surface area (TPSA) is 33.2 Å². The second-order valence-corrected chi connectivity index (χ2v) is 7.07. The number of carbonyl (C=O) groups excluding carboxylic acids is 1. The highest BCUT2D eigenvalue weighted by Gasteiger charge is 2.17. The molecule has 19 heavy (non-hydrogen) atoms. The quantitative estimate of drug-likeness (QED) is 0.675. The molecule has 0 aromatic carbocycles. The zero-order valence-corrected chi connectivity index (χ0v) is 14.6. The zero-order valence-electron chi connectivity index (χ0n) is 9.86. The van der Waals surface area contributed by atoms with Gasteiger partial charge in [-0.1, -0.05) is 11.6 Å². The molecule has 2 heterocycles. The van der Waals surface area contributed by atoms with Gasteiger partial charge in [-0.2, -0.15) is 0 Å². The van der Waals surface area contributed by atoms with Gasteiger partial charge < -0.3 is 4.90 Å². The van der Waals surface area contributed by atoms with E-state index >= 15 is 0 Å². The standard InChI is InChI=1S/C12H9Br2ClN2OS/c1-17(5-9-2-8(14)6-19-9)12(18)10-3-7(13)4-16-11(10)15/h2-4,6H,5H2,1H3. The summed E-state index contributed by atoms with van der Waals surface area (Å²) in [6, 6.07) is 3.67. The Labute approximate surface area is 136 Å². The van der Waals surface area contributed by atoms with Crippen LogP contribution in [0, 0.1) is 0 Å². The number of hydrogen-bond acceptors (Lipinski definition) is 3. The lowest BCUT2D eigenvalue weighted by molar-refractivity contribution is 0.0786.